The van der Waals surface area contributed by atoms with Crippen LogP contribution in [0.2, 0.25) is 0 Å². The number of anilines is 1. The van der Waals surface area contributed by atoms with E-state index in [0.29, 0.717) is 5.96 Å². The van der Waals surface area contributed by atoms with Crippen LogP contribution in [0.4, 0.5) is 5.69 Å². The molecule has 3 aliphatic rings. The van der Waals surface area contributed by atoms with E-state index < -0.39 is 0 Å². The van der Waals surface area contributed by atoms with Crippen molar-refractivity contribution in [1.29, 1.82) is 0 Å². The number of piperazine rings is 1. The highest BCUT2D eigenvalue weighted by molar-refractivity contribution is 6.16. The Morgan fingerprint density at radius 3 is 2.71 bits per heavy atom. The number of nitrogens with zero attached hydrogens (tertiary/aromatic N) is 4. The third-order valence-corrected chi connectivity index (χ3v) is 5.06. The van der Waals surface area contributed by atoms with E-state index in [-0.39, 0.29) is 11.8 Å². The van der Waals surface area contributed by atoms with E-state index in [1.807, 2.05) is 12.1 Å². The topological polar surface area (TPSA) is 57.5 Å². The van der Waals surface area contributed by atoms with E-state index in [2.05, 4.69) is 31.9 Å². The fourth-order valence-electron chi connectivity index (χ4n) is 3.67. The van der Waals surface area contributed by atoms with Gasteiger partial charge < -0.3 is 14.5 Å². The third kappa shape index (κ3) is 2.77. The molecule has 0 aromatic heterocycles. The van der Waals surface area contributed by atoms with Crippen molar-refractivity contribution in [3.63, 3.8) is 0 Å². The molecule has 1 amide bonds. The second kappa shape index (κ2) is 6.26. The number of aliphatic imine (C=N–C) groups is 2. The molecule has 1 aromatic carbocycles. The van der Waals surface area contributed by atoms with Gasteiger partial charge in [-0.2, -0.15) is 4.99 Å². The minimum atomic E-state index is -0.0353. The minimum absolute atomic E-state index is 0.00252. The van der Waals surface area contributed by atoms with Crippen molar-refractivity contribution in [2.24, 2.45) is 15.9 Å². The number of fused-ring (bicyclic) bond motifs is 1. The van der Waals surface area contributed by atoms with Crippen LogP contribution in [0.1, 0.15) is 19.3 Å². The number of carbonyl (C=O) groups is 1. The average molecular weight is 326 g/mol. The molecule has 1 saturated heterocycles. The van der Waals surface area contributed by atoms with Crippen LogP contribution in [0.25, 0.3) is 0 Å². The van der Waals surface area contributed by atoms with Gasteiger partial charge in [0, 0.05) is 43.6 Å². The molecule has 0 bridgehead atoms. The molecule has 1 unspecified atom stereocenters. The zero-order valence-corrected chi connectivity index (χ0v) is 13.9. The first-order valence-electron chi connectivity index (χ1n) is 8.58. The normalized spacial score (nSPS) is 23.7. The van der Waals surface area contributed by atoms with Gasteiger partial charge in [-0.3, -0.25) is 4.79 Å². The standard InChI is InChI=1S/C18H22N4O2/c1-24-14-5-2-4-13(12-14)21-8-10-22(11-9-21)18-19-16-7-3-6-15(16)17(23)20-18/h2,4-5,12,15H,3,6-11H2,1H3. The summed E-state index contributed by atoms with van der Waals surface area (Å²) in [7, 11) is 1.69. The Bertz CT molecular complexity index is 705. The van der Waals surface area contributed by atoms with E-state index >= 15 is 0 Å². The highest BCUT2D eigenvalue weighted by Crippen LogP contribution is 2.28. The summed E-state index contributed by atoms with van der Waals surface area (Å²) in [4.78, 5) is 25.6. The first-order valence-corrected chi connectivity index (χ1v) is 8.58. The fourth-order valence-corrected chi connectivity index (χ4v) is 3.67. The molecule has 2 fully saturated rings. The second-order valence-electron chi connectivity index (χ2n) is 6.47. The number of carbonyl (C=O) groups excluding carboxylic acids is 1. The van der Waals surface area contributed by atoms with Gasteiger partial charge in [0.2, 0.25) is 5.96 Å². The maximum Gasteiger partial charge on any atom is 0.257 e. The summed E-state index contributed by atoms with van der Waals surface area (Å²) < 4.78 is 5.30. The summed E-state index contributed by atoms with van der Waals surface area (Å²) in [6.45, 7) is 3.42. The van der Waals surface area contributed by atoms with Crippen LogP contribution in [0.5, 0.6) is 5.75 Å². The van der Waals surface area contributed by atoms with Gasteiger partial charge in [-0.1, -0.05) is 6.07 Å². The molecule has 24 heavy (non-hydrogen) atoms. The Kier molecular flexibility index (Phi) is 3.96. The van der Waals surface area contributed by atoms with Gasteiger partial charge in [0.05, 0.1) is 13.0 Å². The number of methoxy groups -OCH3 is 1. The Morgan fingerprint density at radius 2 is 1.92 bits per heavy atom. The largest absolute Gasteiger partial charge is 0.497 e. The first-order chi connectivity index (χ1) is 11.7. The molecule has 126 valence electrons. The van der Waals surface area contributed by atoms with Gasteiger partial charge >= 0.3 is 0 Å². The molecule has 1 atom stereocenters. The van der Waals surface area contributed by atoms with Crippen LogP contribution >= 0.6 is 0 Å². The number of hydrogen-bond acceptors (Lipinski definition) is 5. The van der Waals surface area contributed by atoms with E-state index in [9.17, 15) is 4.79 Å². The maximum atomic E-state index is 12.2. The van der Waals surface area contributed by atoms with Crippen molar-refractivity contribution >= 4 is 23.3 Å². The van der Waals surface area contributed by atoms with Crippen molar-refractivity contribution in [3.05, 3.63) is 24.3 Å². The molecule has 1 aliphatic carbocycles. The van der Waals surface area contributed by atoms with E-state index in [1.54, 1.807) is 7.11 Å². The highest BCUT2D eigenvalue weighted by Gasteiger charge is 2.34. The Morgan fingerprint density at radius 1 is 1.12 bits per heavy atom. The molecule has 6 nitrogen and oxygen atoms in total. The number of benzene rings is 1. The summed E-state index contributed by atoms with van der Waals surface area (Å²) in [5.74, 6) is 1.46. The summed E-state index contributed by atoms with van der Waals surface area (Å²) in [5, 5.41) is 0. The van der Waals surface area contributed by atoms with Gasteiger partial charge in [-0.05, 0) is 31.4 Å². The number of guanidine groups is 1. The van der Waals surface area contributed by atoms with Crippen molar-refractivity contribution in [2.45, 2.75) is 19.3 Å². The van der Waals surface area contributed by atoms with Gasteiger partial charge in [0.25, 0.3) is 5.91 Å². The summed E-state index contributed by atoms with van der Waals surface area (Å²) in [6, 6.07) is 8.12. The van der Waals surface area contributed by atoms with Crippen LogP contribution in [0.15, 0.2) is 34.3 Å². The lowest BCUT2D eigenvalue weighted by Crippen LogP contribution is -2.49. The molecule has 4 rings (SSSR count). The van der Waals surface area contributed by atoms with Gasteiger partial charge in [-0.15, -0.1) is 0 Å². The third-order valence-electron chi connectivity index (χ3n) is 5.06. The predicted molar refractivity (Wildman–Crippen MR) is 94.0 cm³/mol. The zero-order valence-electron chi connectivity index (χ0n) is 13.9. The molecule has 2 aliphatic heterocycles. The van der Waals surface area contributed by atoms with E-state index in [0.717, 1.165) is 62.6 Å². The zero-order chi connectivity index (χ0) is 16.5. The monoisotopic (exact) mass is 326 g/mol. The van der Waals surface area contributed by atoms with Crippen molar-refractivity contribution < 1.29 is 9.53 Å². The molecule has 0 radical (unpaired) electrons. The lowest BCUT2D eigenvalue weighted by Gasteiger charge is -2.37. The molecule has 1 saturated carbocycles. The first kappa shape index (κ1) is 15.2. The van der Waals surface area contributed by atoms with E-state index in [1.165, 1.54) is 0 Å². The SMILES string of the molecule is COc1cccc(N2CCN(C3=NC(=O)C4CCCC4=N3)CC2)c1. The number of hydrogen-bond donors (Lipinski definition) is 0. The Balaban J connectivity index is 1.44. The lowest BCUT2D eigenvalue weighted by molar-refractivity contribution is -0.119. The van der Waals surface area contributed by atoms with Crippen molar-refractivity contribution in [2.75, 3.05) is 38.2 Å². The molecule has 0 spiro atoms. The summed E-state index contributed by atoms with van der Waals surface area (Å²) in [5.41, 5.74) is 2.21. The number of ether oxygens (including phenoxy) is 1. The molecule has 0 N–H and O–H groups in total. The lowest BCUT2D eigenvalue weighted by atomic mass is 10.1. The Hall–Kier alpha value is -2.37. The van der Waals surface area contributed by atoms with E-state index in [4.69, 9.17) is 4.74 Å². The average Bonchev–Trinajstić information content (AvgIpc) is 3.11. The minimum Gasteiger partial charge on any atom is -0.497 e. The molecular weight excluding hydrogens is 304 g/mol. The second-order valence-corrected chi connectivity index (χ2v) is 6.47. The molecule has 2 heterocycles. The van der Waals surface area contributed by atoms with Gasteiger partial charge in [0.15, 0.2) is 0 Å². The summed E-state index contributed by atoms with van der Waals surface area (Å²) >= 11 is 0. The van der Waals surface area contributed by atoms with Crippen molar-refractivity contribution in [1.82, 2.24) is 4.90 Å². The smallest absolute Gasteiger partial charge is 0.257 e. The number of rotatable bonds is 2. The number of amides is 1. The fraction of sp³-hybridized carbons (Fsp3) is 0.500. The predicted octanol–water partition coefficient (Wildman–Crippen LogP) is 1.95. The van der Waals surface area contributed by atoms with Crippen LogP contribution in [0, 0.1) is 5.92 Å². The van der Waals surface area contributed by atoms with Crippen LogP contribution < -0.4 is 9.64 Å². The molecule has 6 heteroatoms. The molecular formula is C18H22N4O2. The maximum absolute atomic E-state index is 12.2. The van der Waals surface area contributed by atoms with Gasteiger partial charge in [0.1, 0.15) is 5.75 Å². The van der Waals surface area contributed by atoms with Gasteiger partial charge in [-0.25, -0.2) is 4.99 Å². The summed E-state index contributed by atoms with van der Waals surface area (Å²) in [6.07, 6.45) is 2.92. The quantitative estimate of drug-likeness (QED) is 0.833. The van der Waals surface area contributed by atoms with Crippen LogP contribution in [-0.4, -0.2) is 55.8 Å². The molecule has 1 aromatic rings. The Labute approximate surface area is 141 Å². The van der Waals surface area contributed by atoms with Crippen LogP contribution in [0.3, 0.4) is 0 Å². The highest BCUT2D eigenvalue weighted by atomic mass is 16.5. The van der Waals surface area contributed by atoms with Crippen molar-refractivity contribution in [3.8, 4) is 5.75 Å². The van der Waals surface area contributed by atoms with Crippen LogP contribution in [-0.2, 0) is 4.79 Å².